The number of benzene rings is 2. The molecule has 38 heavy (non-hydrogen) atoms. The first kappa shape index (κ1) is 26.4. The van der Waals surface area contributed by atoms with Gasteiger partial charge in [-0.3, -0.25) is 4.90 Å². The maximum Gasteiger partial charge on any atom is 0.224 e. The Balaban J connectivity index is 1.24. The molecule has 0 spiro atoms. The van der Waals surface area contributed by atoms with Gasteiger partial charge < -0.3 is 10.6 Å². The van der Waals surface area contributed by atoms with Crippen LogP contribution in [0.15, 0.2) is 47.5 Å². The highest BCUT2D eigenvalue weighted by Crippen LogP contribution is 2.38. The minimum absolute atomic E-state index is 0.248. The predicted octanol–water partition coefficient (Wildman–Crippen LogP) is 5.37. The molecular formula is C28H31ClN6O2S. The van der Waals surface area contributed by atoms with Gasteiger partial charge in [-0.15, -0.1) is 0 Å². The lowest BCUT2D eigenvalue weighted by Crippen LogP contribution is -2.46. The highest BCUT2D eigenvalue weighted by Gasteiger charge is 2.41. The molecule has 0 amide bonds. The minimum Gasteiger partial charge on any atom is -0.351 e. The van der Waals surface area contributed by atoms with Crippen LogP contribution in [0.25, 0.3) is 0 Å². The van der Waals surface area contributed by atoms with E-state index in [4.69, 9.17) is 16.6 Å². The Hall–Kier alpha value is -3.19. The summed E-state index contributed by atoms with van der Waals surface area (Å²) in [5.41, 5.74) is 4.53. The summed E-state index contributed by atoms with van der Waals surface area (Å²) in [5.74, 6) is 1.29. The Morgan fingerprint density at radius 2 is 1.79 bits per heavy atom. The number of aromatic nitrogens is 2. The molecule has 2 bridgehead atoms. The number of nitriles is 1. The van der Waals surface area contributed by atoms with Crippen LogP contribution in [0.5, 0.6) is 0 Å². The molecule has 2 aliphatic heterocycles. The summed E-state index contributed by atoms with van der Waals surface area (Å²) in [4.78, 5) is 11.9. The molecule has 1 aromatic heterocycles. The molecule has 198 valence electrons. The van der Waals surface area contributed by atoms with Crippen molar-refractivity contribution in [3.05, 3.63) is 69.9 Å². The maximum atomic E-state index is 11.9. The number of rotatable bonds is 7. The van der Waals surface area contributed by atoms with E-state index < -0.39 is 9.84 Å². The third-order valence-corrected chi connectivity index (χ3v) is 9.06. The number of halogens is 1. The van der Waals surface area contributed by atoms with Gasteiger partial charge in [0.1, 0.15) is 5.82 Å². The zero-order chi connectivity index (χ0) is 27.0. The van der Waals surface area contributed by atoms with Crippen LogP contribution >= 0.6 is 11.6 Å². The molecule has 8 nitrogen and oxygen atoms in total. The number of hydrogen-bond donors (Lipinski definition) is 2. The number of hydrogen-bond acceptors (Lipinski definition) is 8. The molecule has 2 aliphatic rings. The zero-order valence-corrected chi connectivity index (χ0v) is 23.3. The number of nitrogens with one attached hydrogen (secondary N) is 2. The molecule has 2 saturated heterocycles. The highest BCUT2D eigenvalue weighted by molar-refractivity contribution is 7.90. The molecule has 2 fully saturated rings. The monoisotopic (exact) mass is 550 g/mol. The summed E-state index contributed by atoms with van der Waals surface area (Å²) >= 11 is 6.47. The molecule has 2 aromatic carbocycles. The van der Waals surface area contributed by atoms with Crippen molar-refractivity contribution in [1.29, 1.82) is 5.26 Å². The highest BCUT2D eigenvalue weighted by atomic mass is 35.5. The summed E-state index contributed by atoms with van der Waals surface area (Å²) < 4.78 is 23.7. The van der Waals surface area contributed by atoms with Crippen LogP contribution < -0.4 is 10.6 Å². The van der Waals surface area contributed by atoms with E-state index in [0.717, 1.165) is 48.1 Å². The largest absolute Gasteiger partial charge is 0.351 e. The van der Waals surface area contributed by atoms with Crippen LogP contribution in [0.1, 0.15) is 47.9 Å². The van der Waals surface area contributed by atoms with Crippen molar-refractivity contribution in [2.24, 2.45) is 0 Å². The average molecular weight is 551 g/mol. The maximum absolute atomic E-state index is 11.9. The van der Waals surface area contributed by atoms with Crippen LogP contribution in [0.3, 0.4) is 0 Å². The first-order chi connectivity index (χ1) is 18.1. The van der Waals surface area contributed by atoms with Crippen molar-refractivity contribution < 1.29 is 8.42 Å². The van der Waals surface area contributed by atoms with E-state index >= 15 is 0 Å². The van der Waals surface area contributed by atoms with Crippen LogP contribution in [0.4, 0.5) is 17.5 Å². The number of fused-ring (bicyclic) bond motifs is 2. The van der Waals surface area contributed by atoms with Crippen LogP contribution in [0.2, 0.25) is 5.02 Å². The van der Waals surface area contributed by atoms with Gasteiger partial charge in [0.25, 0.3) is 0 Å². The fourth-order valence-corrected chi connectivity index (χ4v) is 6.72. The quantitative estimate of drug-likeness (QED) is 0.404. The molecule has 3 atom stereocenters. The second-order valence-electron chi connectivity index (χ2n) is 10.4. The van der Waals surface area contributed by atoms with Crippen LogP contribution in [0, 0.1) is 25.2 Å². The molecule has 1 unspecified atom stereocenters. The Morgan fingerprint density at radius 1 is 1.11 bits per heavy atom. The average Bonchev–Trinajstić information content (AvgIpc) is 3.09. The lowest BCUT2D eigenvalue weighted by atomic mass is 9.96. The third kappa shape index (κ3) is 5.63. The Morgan fingerprint density at radius 3 is 2.39 bits per heavy atom. The van der Waals surface area contributed by atoms with Crippen molar-refractivity contribution >= 4 is 38.9 Å². The van der Waals surface area contributed by atoms with Crippen molar-refractivity contribution in [3.63, 3.8) is 0 Å². The van der Waals surface area contributed by atoms with E-state index in [0.29, 0.717) is 41.0 Å². The molecule has 10 heteroatoms. The Bertz CT molecular complexity index is 1480. The fraction of sp³-hybridized carbons (Fsp3) is 0.393. The molecule has 0 radical (unpaired) electrons. The molecule has 3 heterocycles. The summed E-state index contributed by atoms with van der Waals surface area (Å²) in [6.45, 7) is 4.67. The molecule has 0 saturated carbocycles. The number of aryl methyl sites for hydroxylation is 2. The van der Waals surface area contributed by atoms with Gasteiger partial charge in [-0.2, -0.15) is 10.2 Å². The van der Waals surface area contributed by atoms with Crippen LogP contribution in [-0.4, -0.2) is 47.7 Å². The predicted molar refractivity (Wildman–Crippen MR) is 150 cm³/mol. The smallest absolute Gasteiger partial charge is 0.224 e. The summed E-state index contributed by atoms with van der Waals surface area (Å²) in [6.07, 6.45) is 7.15. The second-order valence-corrected chi connectivity index (χ2v) is 12.8. The zero-order valence-electron chi connectivity index (χ0n) is 21.7. The minimum atomic E-state index is -3.28. The van der Waals surface area contributed by atoms with Crippen molar-refractivity contribution in [2.75, 3.05) is 16.9 Å². The molecule has 3 aromatic rings. The van der Waals surface area contributed by atoms with Crippen molar-refractivity contribution in [2.45, 2.75) is 69.1 Å². The Kier molecular flexibility index (Phi) is 7.32. The van der Waals surface area contributed by atoms with E-state index in [1.165, 1.54) is 6.26 Å². The topological polar surface area (TPSA) is 111 Å². The van der Waals surface area contributed by atoms with E-state index in [2.05, 4.69) is 26.6 Å². The van der Waals surface area contributed by atoms with Gasteiger partial charge in [0, 0.05) is 47.8 Å². The molecule has 0 aliphatic carbocycles. The number of sulfone groups is 1. The van der Waals surface area contributed by atoms with Gasteiger partial charge in [0.2, 0.25) is 5.95 Å². The van der Waals surface area contributed by atoms with Gasteiger partial charge in [-0.25, -0.2) is 13.4 Å². The number of anilines is 3. The van der Waals surface area contributed by atoms with Gasteiger partial charge >= 0.3 is 0 Å². The second kappa shape index (κ2) is 10.5. The molecule has 2 N–H and O–H groups in total. The number of nitrogens with zero attached hydrogens (tertiary/aromatic N) is 4. The van der Waals surface area contributed by atoms with Crippen molar-refractivity contribution in [1.82, 2.24) is 14.9 Å². The van der Waals surface area contributed by atoms with E-state index in [9.17, 15) is 13.7 Å². The molecular weight excluding hydrogens is 520 g/mol. The Labute approximate surface area is 229 Å². The summed E-state index contributed by atoms with van der Waals surface area (Å²) in [6, 6.07) is 13.9. The van der Waals surface area contributed by atoms with Crippen molar-refractivity contribution in [3.8, 4) is 6.07 Å². The summed E-state index contributed by atoms with van der Waals surface area (Å²) in [5, 5.41) is 16.7. The fourth-order valence-electron chi connectivity index (χ4n) is 5.77. The van der Waals surface area contributed by atoms with Gasteiger partial charge in [-0.05, 0) is 86.6 Å². The van der Waals surface area contributed by atoms with Crippen LogP contribution in [-0.2, 0) is 16.4 Å². The molecule has 5 rings (SSSR count). The van der Waals surface area contributed by atoms with E-state index in [1.807, 2.05) is 38.1 Å². The van der Waals surface area contributed by atoms with Gasteiger partial charge in [0.15, 0.2) is 9.84 Å². The lowest BCUT2D eigenvalue weighted by Gasteiger charge is -2.39. The normalized spacial score (nSPS) is 21.2. The number of piperidine rings is 1. The third-order valence-electron chi connectivity index (χ3n) is 7.59. The summed E-state index contributed by atoms with van der Waals surface area (Å²) in [7, 11) is -3.28. The van der Waals surface area contributed by atoms with Gasteiger partial charge in [-0.1, -0.05) is 17.7 Å². The first-order valence-electron chi connectivity index (χ1n) is 12.7. The van der Waals surface area contributed by atoms with E-state index in [-0.39, 0.29) is 10.9 Å². The van der Waals surface area contributed by atoms with E-state index in [1.54, 1.807) is 18.3 Å². The SMILES string of the molecule is Cc1cc(C#N)cc(C)c1Nc1ccnc(NC2C[C@H]3CC[C@@H](C2)N3Cc2ccc(S(C)(=O)=O)cc2Cl)n1. The standard InChI is InChI=1S/C28H31ClN6O2S/c1-17-10-19(15-30)11-18(2)27(17)33-26-8-9-31-28(34-26)32-21-12-22-5-6-23(13-21)35(22)16-20-4-7-24(14-25(20)29)38(3,36)37/h4,7-11,14,21-23H,5-6,12-13,16H2,1-3H3,(H2,31,32,33,34)/t21?,22-,23+. The lowest BCUT2D eigenvalue weighted by molar-refractivity contribution is 0.124. The van der Waals surface area contributed by atoms with Gasteiger partial charge in [0.05, 0.1) is 16.5 Å². The first-order valence-corrected chi connectivity index (χ1v) is 15.0.